The van der Waals surface area contributed by atoms with Crippen LogP contribution in [0, 0.1) is 0 Å². The van der Waals surface area contributed by atoms with Crippen LogP contribution >= 0.6 is 0 Å². The Balaban J connectivity index is 1.90. The quantitative estimate of drug-likeness (QED) is 0.806. The van der Waals surface area contributed by atoms with E-state index in [9.17, 15) is 4.79 Å². The third-order valence-corrected chi connectivity index (χ3v) is 3.40. The standard InChI is InChI=1S/C13H16N4O/c1-10-8-14-4-7-17(10)13(18)11-2-3-12-15-5-6-16(12)9-11/h2-3,5-6,9-10,14H,4,7-8H2,1H3/t10-/m1/s1. The smallest absolute Gasteiger partial charge is 0.255 e. The molecule has 5 nitrogen and oxygen atoms in total. The van der Waals surface area contributed by atoms with Crippen molar-refractivity contribution < 1.29 is 4.79 Å². The normalized spacial score (nSPS) is 20.3. The van der Waals surface area contributed by atoms with Gasteiger partial charge in [0.2, 0.25) is 0 Å². The molecule has 0 unspecified atom stereocenters. The second kappa shape index (κ2) is 4.42. The molecule has 3 rings (SSSR count). The lowest BCUT2D eigenvalue weighted by molar-refractivity contribution is 0.0655. The largest absolute Gasteiger partial charge is 0.333 e. The molecular formula is C13H16N4O. The summed E-state index contributed by atoms with van der Waals surface area (Å²) < 4.78 is 1.88. The molecule has 1 amide bonds. The first-order valence-corrected chi connectivity index (χ1v) is 6.20. The van der Waals surface area contributed by atoms with Crippen molar-refractivity contribution in [2.75, 3.05) is 19.6 Å². The maximum absolute atomic E-state index is 12.4. The molecule has 94 valence electrons. The molecule has 0 aromatic carbocycles. The molecule has 3 heterocycles. The Kier molecular flexibility index (Phi) is 2.76. The van der Waals surface area contributed by atoms with Crippen molar-refractivity contribution >= 4 is 11.6 Å². The van der Waals surface area contributed by atoms with Crippen molar-refractivity contribution in [2.45, 2.75) is 13.0 Å². The Bertz CT molecular complexity index is 577. The number of carbonyl (C=O) groups excluding carboxylic acids is 1. The van der Waals surface area contributed by atoms with E-state index in [0.29, 0.717) is 5.56 Å². The van der Waals surface area contributed by atoms with Gasteiger partial charge in [0, 0.05) is 44.3 Å². The summed E-state index contributed by atoms with van der Waals surface area (Å²) >= 11 is 0. The molecule has 1 atom stereocenters. The molecule has 0 saturated carbocycles. The van der Waals surface area contributed by atoms with Crippen molar-refractivity contribution in [1.29, 1.82) is 0 Å². The second-order valence-corrected chi connectivity index (χ2v) is 4.66. The van der Waals surface area contributed by atoms with Crippen molar-refractivity contribution in [3.8, 4) is 0 Å². The third-order valence-electron chi connectivity index (χ3n) is 3.40. The highest BCUT2D eigenvalue weighted by molar-refractivity contribution is 5.94. The predicted octanol–water partition coefficient (Wildman–Crippen LogP) is 0.768. The number of nitrogens with zero attached hydrogens (tertiary/aromatic N) is 3. The molecule has 1 fully saturated rings. The number of rotatable bonds is 1. The summed E-state index contributed by atoms with van der Waals surface area (Å²) in [5.41, 5.74) is 1.58. The highest BCUT2D eigenvalue weighted by atomic mass is 16.2. The van der Waals surface area contributed by atoms with Crippen LogP contribution in [0.25, 0.3) is 5.65 Å². The van der Waals surface area contributed by atoms with Crippen LogP contribution in [0.5, 0.6) is 0 Å². The Morgan fingerprint density at radius 3 is 3.22 bits per heavy atom. The average Bonchev–Trinajstić information content (AvgIpc) is 2.85. The number of hydrogen-bond acceptors (Lipinski definition) is 3. The number of piperazine rings is 1. The molecule has 5 heteroatoms. The Morgan fingerprint density at radius 2 is 2.39 bits per heavy atom. The Morgan fingerprint density at radius 1 is 1.50 bits per heavy atom. The third kappa shape index (κ3) is 1.86. The topological polar surface area (TPSA) is 49.6 Å². The van der Waals surface area contributed by atoms with Gasteiger partial charge in [0.1, 0.15) is 5.65 Å². The fourth-order valence-corrected chi connectivity index (χ4v) is 2.36. The maximum atomic E-state index is 12.4. The van der Waals surface area contributed by atoms with Gasteiger partial charge in [0.15, 0.2) is 0 Å². The molecule has 0 spiro atoms. The van der Waals surface area contributed by atoms with Gasteiger partial charge in [-0.1, -0.05) is 0 Å². The number of nitrogens with one attached hydrogen (secondary N) is 1. The highest BCUT2D eigenvalue weighted by Crippen LogP contribution is 2.11. The second-order valence-electron chi connectivity index (χ2n) is 4.66. The zero-order chi connectivity index (χ0) is 12.5. The van der Waals surface area contributed by atoms with E-state index >= 15 is 0 Å². The van der Waals surface area contributed by atoms with Gasteiger partial charge >= 0.3 is 0 Å². The van der Waals surface area contributed by atoms with E-state index in [4.69, 9.17) is 0 Å². The summed E-state index contributed by atoms with van der Waals surface area (Å²) in [6, 6.07) is 3.96. The van der Waals surface area contributed by atoms with E-state index in [1.165, 1.54) is 0 Å². The average molecular weight is 244 g/mol. The number of pyridine rings is 1. The molecule has 2 aromatic rings. The molecule has 0 aliphatic carbocycles. The van der Waals surface area contributed by atoms with Crippen LogP contribution in [0.15, 0.2) is 30.7 Å². The van der Waals surface area contributed by atoms with Gasteiger partial charge in [0.25, 0.3) is 5.91 Å². The van der Waals surface area contributed by atoms with E-state index in [1.807, 2.05) is 33.8 Å². The number of fused-ring (bicyclic) bond motifs is 1. The molecule has 18 heavy (non-hydrogen) atoms. The molecule has 1 N–H and O–H groups in total. The zero-order valence-corrected chi connectivity index (χ0v) is 10.3. The number of imidazole rings is 1. The molecule has 1 aliphatic rings. The number of hydrogen-bond donors (Lipinski definition) is 1. The first kappa shape index (κ1) is 11.2. The van der Waals surface area contributed by atoms with Crippen LogP contribution in [0.1, 0.15) is 17.3 Å². The van der Waals surface area contributed by atoms with Gasteiger partial charge in [-0.05, 0) is 19.1 Å². The van der Waals surface area contributed by atoms with Gasteiger partial charge in [0.05, 0.1) is 5.56 Å². The zero-order valence-electron chi connectivity index (χ0n) is 10.3. The lowest BCUT2D eigenvalue weighted by atomic mass is 10.1. The summed E-state index contributed by atoms with van der Waals surface area (Å²) in [7, 11) is 0. The summed E-state index contributed by atoms with van der Waals surface area (Å²) in [5.74, 6) is 0.0969. The van der Waals surface area contributed by atoms with E-state index in [-0.39, 0.29) is 11.9 Å². The first-order chi connectivity index (χ1) is 8.75. The summed E-state index contributed by atoms with van der Waals surface area (Å²) in [6.45, 7) is 4.56. The van der Waals surface area contributed by atoms with Crippen LogP contribution in [0.2, 0.25) is 0 Å². The van der Waals surface area contributed by atoms with Gasteiger partial charge in [-0.2, -0.15) is 0 Å². The molecular weight excluding hydrogens is 228 g/mol. The molecule has 0 radical (unpaired) electrons. The molecule has 0 bridgehead atoms. The van der Waals surface area contributed by atoms with Gasteiger partial charge in [-0.15, -0.1) is 0 Å². The summed E-state index contributed by atoms with van der Waals surface area (Å²) in [5, 5.41) is 3.29. The number of carbonyl (C=O) groups is 1. The van der Waals surface area contributed by atoms with E-state index in [2.05, 4.69) is 17.2 Å². The minimum atomic E-state index is 0.0969. The fraction of sp³-hybridized carbons (Fsp3) is 0.385. The van der Waals surface area contributed by atoms with E-state index in [1.54, 1.807) is 6.20 Å². The highest BCUT2D eigenvalue weighted by Gasteiger charge is 2.24. The molecule has 1 aliphatic heterocycles. The monoisotopic (exact) mass is 244 g/mol. The Labute approximate surface area is 105 Å². The first-order valence-electron chi connectivity index (χ1n) is 6.20. The minimum absolute atomic E-state index is 0.0969. The van der Waals surface area contributed by atoms with Gasteiger partial charge < -0.3 is 14.6 Å². The SMILES string of the molecule is C[C@@H]1CNCCN1C(=O)c1ccc2nccn2c1. The summed E-state index contributed by atoms with van der Waals surface area (Å²) in [6.07, 6.45) is 5.43. The maximum Gasteiger partial charge on any atom is 0.255 e. The van der Waals surface area contributed by atoms with E-state index in [0.717, 1.165) is 25.3 Å². The van der Waals surface area contributed by atoms with Crippen molar-refractivity contribution in [3.63, 3.8) is 0 Å². The van der Waals surface area contributed by atoms with Crippen LogP contribution in [-0.4, -0.2) is 45.9 Å². The molecule has 1 saturated heterocycles. The lowest BCUT2D eigenvalue weighted by Crippen LogP contribution is -2.52. The van der Waals surface area contributed by atoms with Crippen LogP contribution in [0.4, 0.5) is 0 Å². The van der Waals surface area contributed by atoms with Crippen molar-refractivity contribution in [3.05, 3.63) is 36.3 Å². The molecule has 2 aromatic heterocycles. The Hall–Kier alpha value is -1.88. The predicted molar refractivity (Wildman–Crippen MR) is 68.6 cm³/mol. The summed E-state index contributed by atoms with van der Waals surface area (Å²) in [4.78, 5) is 18.5. The fourth-order valence-electron chi connectivity index (χ4n) is 2.36. The van der Waals surface area contributed by atoms with Gasteiger partial charge in [-0.25, -0.2) is 4.98 Å². The van der Waals surface area contributed by atoms with Gasteiger partial charge in [-0.3, -0.25) is 4.79 Å². The van der Waals surface area contributed by atoms with Crippen LogP contribution in [-0.2, 0) is 0 Å². The van der Waals surface area contributed by atoms with E-state index < -0.39 is 0 Å². The minimum Gasteiger partial charge on any atom is -0.333 e. The van der Waals surface area contributed by atoms with Crippen LogP contribution < -0.4 is 5.32 Å². The number of amides is 1. The number of aromatic nitrogens is 2. The van der Waals surface area contributed by atoms with Crippen LogP contribution in [0.3, 0.4) is 0 Å². The van der Waals surface area contributed by atoms with Crippen molar-refractivity contribution in [1.82, 2.24) is 19.6 Å². The van der Waals surface area contributed by atoms with Crippen molar-refractivity contribution in [2.24, 2.45) is 0 Å². The lowest BCUT2D eigenvalue weighted by Gasteiger charge is -2.34.